The van der Waals surface area contributed by atoms with Crippen molar-refractivity contribution in [2.75, 3.05) is 14.1 Å². The lowest BCUT2D eigenvalue weighted by Crippen LogP contribution is -2.30. The first-order valence-corrected chi connectivity index (χ1v) is 6.81. The fourth-order valence-electron chi connectivity index (χ4n) is 1.85. The van der Waals surface area contributed by atoms with Crippen molar-refractivity contribution < 1.29 is 4.79 Å². The van der Waals surface area contributed by atoms with E-state index in [-0.39, 0.29) is 11.9 Å². The van der Waals surface area contributed by atoms with E-state index < -0.39 is 0 Å². The SMILES string of the molecule is CC(C(=O)N(C)C)n1ccc(-c2ccccc2Br)n1. The molecule has 0 N–H and O–H groups in total. The zero-order chi connectivity index (χ0) is 14.0. The summed E-state index contributed by atoms with van der Waals surface area (Å²) in [7, 11) is 3.49. The number of rotatable bonds is 3. The van der Waals surface area contributed by atoms with Gasteiger partial charge in [0.15, 0.2) is 0 Å². The Morgan fingerprint density at radius 1 is 1.32 bits per heavy atom. The number of carbonyl (C=O) groups is 1. The molecule has 1 unspecified atom stereocenters. The third-order valence-electron chi connectivity index (χ3n) is 2.95. The quantitative estimate of drug-likeness (QED) is 0.871. The van der Waals surface area contributed by atoms with Crippen molar-refractivity contribution >= 4 is 21.8 Å². The first-order chi connectivity index (χ1) is 9.00. The van der Waals surface area contributed by atoms with Crippen LogP contribution >= 0.6 is 15.9 Å². The highest BCUT2D eigenvalue weighted by atomic mass is 79.9. The lowest BCUT2D eigenvalue weighted by atomic mass is 10.2. The Bertz CT molecular complexity index is 592. The summed E-state index contributed by atoms with van der Waals surface area (Å²) in [6.45, 7) is 1.85. The maximum atomic E-state index is 11.9. The number of halogens is 1. The average Bonchev–Trinajstić information content (AvgIpc) is 2.86. The number of carbonyl (C=O) groups excluding carboxylic acids is 1. The van der Waals surface area contributed by atoms with Crippen molar-refractivity contribution in [3.63, 3.8) is 0 Å². The molecule has 0 aliphatic carbocycles. The number of hydrogen-bond donors (Lipinski definition) is 0. The molecule has 0 aliphatic heterocycles. The van der Waals surface area contributed by atoms with Gasteiger partial charge in [0, 0.05) is 30.3 Å². The van der Waals surface area contributed by atoms with Gasteiger partial charge in [-0.2, -0.15) is 5.10 Å². The molecule has 0 bridgehead atoms. The summed E-state index contributed by atoms with van der Waals surface area (Å²) in [5.41, 5.74) is 1.87. The molecular formula is C14H16BrN3O. The highest BCUT2D eigenvalue weighted by molar-refractivity contribution is 9.10. The lowest BCUT2D eigenvalue weighted by Gasteiger charge is -2.16. The summed E-state index contributed by atoms with van der Waals surface area (Å²) in [4.78, 5) is 13.5. The molecule has 1 amide bonds. The zero-order valence-electron chi connectivity index (χ0n) is 11.2. The van der Waals surface area contributed by atoms with Crippen molar-refractivity contribution in [3.8, 4) is 11.3 Å². The molecule has 0 radical (unpaired) electrons. The van der Waals surface area contributed by atoms with Gasteiger partial charge in [-0.3, -0.25) is 9.48 Å². The van der Waals surface area contributed by atoms with E-state index in [1.165, 1.54) is 0 Å². The molecule has 4 nitrogen and oxygen atoms in total. The molecule has 1 heterocycles. The number of likely N-dealkylation sites (N-methyl/N-ethyl adjacent to an activating group) is 1. The van der Waals surface area contributed by atoms with Gasteiger partial charge < -0.3 is 4.90 Å². The molecule has 5 heteroatoms. The topological polar surface area (TPSA) is 38.1 Å². The van der Waals surface area contributed by atoms with Crippen LogP contribution in [0.4, 0.5) is 0 Å². The minimum Gasteiger partial charge on any atom is -0.347 e. The Morgan fingerprint density at radius 3 is 2.63 bits per heavy atom. The molecule has 2 aromatic rings. The van der Waals surface area contributed by atoms with Crippen LogP contribution in [0.15, 0.2) is 41.0 Å². The van der Waals surface area contributed by atoms with Crippen molar-refractivity contribution in [1.82, 2.24) is 14.7 Å². The summed E-state index contributed by atoms with van der Waals surface area (Å²) in [5, 5.41) is 4.48. The number of aromatic nitrogens is 2. The van der Waals surface area contributed by atoms with Crippen LogP contribution in [0.25, 0.3) is 11.3 Å². The van der Waals surface area contributed by atoms with E-state index in [2.05, 4.69) is 21.0 Å². The van der Waals surface area contributed by atoms with Crippen molar-refractivity contribution in [2.24, 2.45) is 0 Å². The molecule has 0 aliphatic rings. The van der Waals surface area contributed by atoms with E-state index in [0.29, 0.717) is 0 Å². The fourth-order valence-corrected chi connectivity index (χ4v) is 2.34. The number of hydrogen-bond acceptors (Lipinski definition) is 2. The Hall–Kier alpha value is -1.62. The van der Waals surface area contributed by atoms with E-state index in [4.69, 9.17) is 0 Å². The van der Waals surface area contributed by atoms with Gasteiger partial charge in [0.2, 0.25) is 5.91 Å². The van der Waals surface area contributed by atoms with Crippen LogP contribution in [0.2, 0.25) is 0 Å². The standard InChI is InChI=1S/C14H16BrN3O/c1-10(14(19)17(2)3)18-9-8-13(16-18)11-6-4-5-7-12(11)15/h4-10H,1-3H3. The van der Waals surface area contributed by atoms with Gasteiger partial charge in [0.05, 0.1) is 5.69 Å². The first-order valence-electron chi connectivity index (χ1n) is 6.02. The number of amides is 1. The molecule has 1 atom stereocenters. The molecule has 100 valence electrons. The second-order valence-corrected chi connectivity index (χ2v) is 5.42. The second kappa shape index (κ2) is 5.57. The van der Waals surface area contributed by atoms with Crippen LogP contribution in [-0.2, 0) is 4.79 Å². The molecular weight excluding hydrogens is 306 g/mol. The molecule has 0 spiro atoms. The van der Waals surface area contributed by atoms with E-state index in [0.717, 1.165) is 15.7 Å². The third-order valence-corrected chi connectivity index (χ3v) is 3.64. The minimum absolute atomic E-state index is 0.0294. The summed E-state index contributed by atoms with van der Waals surface area (Å²) in [6, 6.07) is 9.51. The summed E-state index contributed by atoms with van der Waals surface area (Å²) in [5.74, 6) is 0.0294. The van der Waals surface area contributed by atoms with Gasteiger partial charge in [-0.05, 0) is 19.1 Å². The van der Waals surface area contributed by atoms with E-state index in [9.17, 15) is 4.79 Å². The summed E-state index contributed by atoms with van der Waals surface area (Å²) in [6.07, 6.45) is 1.83. The fraction of sp³-hybridized carbons (Fsp3) is 0.286. The molecule has 2 rings (SSSR count). The van der Waals surface area contributed by atoms with Crippen molar-refractivity contribution in [3.05, 3.63) is 41.0 Å². The van der Waals surface area contributed by atoms with E-state index in [1.54, 1.807) is 23.7 Å². The summed E-state index contributed by atoms with van der Waals surface area (Å²) < 4.78 is 2.68. The van der Waals surface area contributed by atoms with Crippen LogP contribution in [-0.4, -0.2) is 34.7 Å². The van der Waals surface area contributed by atoms with Gasteiger partial charge in [0.1, 0.15) is 6.04 Å². The smallest absolute Gasteiger partial charge is 0.246 e. The maximum Gasteiger partial charge on any atom is 0.246 e. The number of benzene rings is 1. The predicted octanol–water partition coefficient (Wildman–Crippen LogP) is 2.96. The molecule has 0 saturated heterocycles. The number of nitrogens with zero attached hydrogens (tertiary/aromatic N) is 3. The Kier molecular flexibility index (Phi) is 4.04. The van der Waals surface area contributed by atoms with Gasteiger partial charge >= 0.3 is 0 Å². The van der Waals surface area contributed by atoms with Crippen LogP contribution < -0.4 is 0 Å². The molecule has 19 heavy (non-hydrogen) atoms. The lowest BCUT2D eigenvalue weighted by molar-refractivity contribution is -0.131. The molecule has 0 fully saturated rings. The highest BCUT2D eigenvalue weighted by Crippen LogP contribution is 2.26. The van der Waals surface area contributed by atoms with Gasteiger partial charge in [-0.25, -0.2) is 0 Å². The Morgan fingerprint density at radius 2 is 2.00 bits per heavy atom. The molecule has 1 aromatic carbocycles. The monoisotopic (exact) mass is 321 g/mol. The van der Waals surface area contributed by atoms with Crippen LogP contribution in [0, 0.1) is 0 Å². The van der Waals surface area contributed by atoms with E-state index in [1.807, 2.05) is 43.5 Å². The van der Waals surface area contributed by atoms with Crippen molar-refractivity contribution in [2.45, 2.75) is 13.0 Å². The molecule has 0 saturated carbocycles. The maximum absolute atomic E-state index is 11.9. The Labute approximate surface area is 121 Å². The van der Waals surface area contributed by atoms with Crippen molar-refractivity contribution in [1.29, 1.82) is 0 Å². The van der Waals surface area contributed by atoms with Gasteiger partial charge in [-0.15, -0.1) is 0 Å². The Balaban J connectivity index is 2.30. The normalized spacial score (nSPS) is 12.2. The minimum atomic E-state index is -0.300. The van der Waals surface area contributed by atoms with Crippen LogP contribution in [0.3, 0.4) is 0 Å². The summed E-state index contributed by atoms with van der Waals surface area (Å²) >= 11 is 3.51. The third kappa shape index (κ3) is 2.87. The van der Waals surface area contributed by atoms with Gasteiger partial charge in [-0.1, -0.05) is 34.1 Å². The largest absolute Gasteiger partial charge is 0.347 e. The van der Waals surface area contributed by atoms with Crippen LogP contribution in [0.5, 0.6) is 0 Å². The molecule has 1 aromatic heterocycles. The van der Waals surface area contributed by atoms with E-state index >= 15 is 0 Å². The average molecular weight is 322 g/mol. The highest BCUT2D eigenvalue weighted by Gasteiger charge is 2.18. The zero-order valence-corrected chi connectivity index (χ0v) is 12.8. The van der Waals surface area contributed by atoms with Crippen LogP contribution in [0.1, 0.15) is 13.0 Å². The van der Waals surface area contributed by atoms with Gasteiger partial charge in [0.25, 0.3) is 0 Å². The first kappa shape index (κ1) is 13.8. The predicted molar refractivity (Wildman–Crippen MR) is 78.8 cm³/mol. The second-order valence-electron chi connectivity index (χ2n) is 4.57.